The Hall–Kier alpha value is -4.13. The highest BCUT2D eigenvalue weighted by atomic mass is 16.5. The van der Waals surface area contributed by atoms with Gasteiger partial charge in [-0.05, 0) is 67.4 Å². The van der Waals surface area contributed by atoms with Crippen molar-refractivity contribution in [3.05, 3.63) is 89.5 Å². The van der Waals surface area contributed by atoms with Gasteiger partial charge in [0.05, 0.1) is 6.21 Å². The summed E-state index contributed by atoms with van der Waals surface area (Å²) in [5.41, 5.74) is 5.99. The lowest BCUT2D eigenvalue weighted by atomic mass is 10.2. The maximum absolute atomic E-state index is 12.0. The highest BCUT2D eigenvalue weighted by molar-refractivity contribution is 5.91. The van der Waals surface area contributed by atoms with Crippen molar-refractivity contribution in [2.75, 3.05) is 18.5 Å². The lowest BCUT2D eigenvalue weighted by Crippen LogP contribution is -2.24. The Morgan fingerprint density at radius 2 is 1.53 bits per heavy atom. The molecule has 2 amide bonds. The summed E-state index contributed by atoms with van der Waals surface area (Å²) in [6.45, 7) is 3.67. The van der Waals surface area contributed by atoms with Gasteiger partial charge >= 0.3 is 0 Å². The molecule has 7 nitrogen and oxygen atoms in total. The van der Waals surface area contributed by atoms with Gasteiger partial charge in [-0.15, -0.1) is 0 Å². The molecule has 0 fully saturated rings. The average molecular weight is 431 g/mol. The van der Waals surface area contributed by atoms with Gasteiger partial charge in [0.1, 0.15) is 11.5 Å². The molecule has 0 saturated carbocycles. The Bertz CT molecular complexity index is 1080. The van der Waals surface area contributed by atoms with Crippen LogP contribution in [0.3, 0.4) is 0 Å². The number of ether oxygens (including phenoxy) is 2. The lowest BCUT2D eigenvalue weighted by Gasteiger charge is -2.08. The molecule has 0 spiro atoms. The van der Waals surface area contributed by atoms with Crippen LogP contribution in [0.2, 0.25) is 0 Å². The molecule has 0 aliphatic rings. The van der Waals surface area contributed by atoms with Crippen LogP contribution < -0.4 is 20.2 Å². The SMILES string of the molecule is Cc1ccc(NC(=O)COc2ccc(/C=N\NC(=O)COc3ccccc3C)cc2)cc1. The van der Waals surface area contributed by atoms with Crippen LogP contribution in [-0.2, 0) is 9.59 Å². The van der Waals surface area contributed by atoms with Crippen LogP contribution >= 0.6 is 0 Å². The summed E-state index contributed by atoms with van der Waals surface area (Å²) >= 11 is 0. The molecule has 0 bridgehead atoms. The summed E-state index contributed by atoms with van der Waals surface area (Å²) < 4.78 is 11.0. The van der Waals surface area contributed by atoms with Crippen molar-refractivity contribution < 1.29 is 19.1 Å². The van der Waals surface area contributed by atoms with E-state index < -0.39 is 0 Å². The van der Waals surface area contributed by atoms with Gasteiger partial charge in [-0.1, -0.05) is 35.9 Å². The zero-order valence-corrected chi connectivity index (χ0v) is 18.0. The van der Waals surface area contributed by atoms with Crippen LogP contribution in [-0.4, -0.2) is 31.2 Å². The molecule has 0 atom stereocenters. The van der Waals surface area contributed by atoms with Crippen molar-refractivity contribution in [2.24, 2.45) is 5.10 Å². The largest absolute Gasteiger partial charge is 0.484 e. The Labute approximate surface area is 187 Å². The quantitative estimate of drug-likeness (QED) is 0.398. The topological polar surface area (TPSA) is 89.0 Å². The molecule has 164 valence electrons. The Balaban J connectivity index is 1.39. The number of carbonyl (C=O) groups is 2. The molecule has 0 aliphatic carbocycles. The summed E-state index contributed by atoms with van der Waals surface area (Å²) in [7, 11) is 0. The molecule has 3 rings (SSSR count). The minimum absolute atomic E-state index is 0.0990. The highest BCUT2D eigenvalue weighted by Gasteiger charge is 2.05. The molecule has 32 heavy (non-hydrogen) atoms. The van der Waals surface area contributed by atoms with E-state index >= 15 is 0 Å². The van der Waals surface area contributed by atoms with Crippen molar-refractivity contribution >= 4 is 23.7 Å². The summed E-state index contributed by atoms with van der Waals surface area (Å²) in [5, 5.41) is 6.70. The fraction of sp³-hybridized carbons (Fsp3) is 0.160. The zero-order valence-electron chi connectivity index (χ0n) is 18.0. The minimum Gasteiger partial charge on any atom is -0.484 e. The zero-order chi connectivity index (χ0) is 22.8. The van der Waals surface area contributed by atoms with Gasteiger partial charge in [0.2, 0.25) is 0 Å². The van der Waals surface area contributed by atoms with Gasteiger partial charge in [0.15, 0.2) is 13.2 Å². The first-order valence-electron chi connectivity index (χ1n) is 10.1. The van der Waals surface area contributed by atoms with Gasteiger partial charge in [-0.2, -0.15) is 5.10 Å². The van der Waals surface area contributed by atoms with Gasteiger partial charge in [-0.3, -0.25) is 9.59 Å². The van der Waals surface area contributed by atoms with Crippen molar-refractivity contribution in [1.82, 2.24) is 5.43 Å². The van der Waals surface area contributed by atoms with Crippen molar-refractivity contribution in [2.45, 2.75) is 13.8 Å². The predicted molar refractivity (Wildman–Crippen MR) is 124 cm³/mol. The Morgan fingerprint density at radius 3 is 2.25 bits per heavy atom. The van der Waals surface area contributed by atoms with E-state index in [0.717, 1.165) is 22.4 Å². The minimum atomic E-state index is -0.357. The van der Waals surface area contributed by atoms with Crippen LogP contribution in [0.4, 0.5) is 5.69 Å². The third-order valence-electron chi connectivity index (χ3n) is 4.44. The first kappa shape index (κ1) is 22.6. The molecule has 0 saturated heterocycles. The number of para-hydroxylation sites is 1. The summed E-state index contributed by atoms with van der Waals surface area (Å²) in [6.07, 6.45) is 1.51. The third kappa shape index (κ3) is 7.28. The van der Waals surface area contributed by atoms with Crippen LogP contribution in [0.5, 0.6) is 11.5 Å². The van der Waals surface area contributed by atoms with Gasteiger partial charge in [0, 0.05) is 5.69 Å². The molecule has 0 heterocycles. The van der Waals surface area contributed by atoms with Gasteiger partial charge in [0.25, 0.3) is 11.8 Å². The Kier molecular flexibility index (Phi) is 7.97. The molecular formula is C25H25N3O4. The number of hydrogen-bond acceptors (Lipinski definition) is 5. The molecule has 3 aromatic rings. The number of anilines is 1. The smallest absolute Gasteiger partial charge is 0.277 e. The van der Waals surface area contributed by atoms with E-state index in [2.05, 4.69) is 15.8 Å². The van der Waals surface area contributed by atoms with E-state index in [-0.39, 0.29) is 25.0 Å². The number of rotatable bonds is 9. The normalized spacial score (nSPS) is 10.6. The summed E-state index contributed by atoms with van der Waals surface area (Å²) in [6, 6.07) is 22.0. The van der Waals surface area contributed by atoms with E-state index in [4.69, 9.17) is 9.47 Å². The van der Waals surface area contributed by atoms with Crippen molar-refractivity contribution in [3.63, 3.8) is 0 Å². The van der Waals surface area contributed by atoms with E-state index in [1.165, 1.54) is 6.21 Å². The van der Waals surface area contributed by atoms with Crippen molar-refractivity contribution in [1.29, 1.82) is 0 Å². The fourth-order valence-corrected chi connectivity index (χ4v) is 2.71. The number of nitrogens with zero attached hydrogens (tertiary/aromatic N) is 1. The number of benzene rings is 3. The number of nitrogens with one attached hydrogen (secondary N) is 2. The first-order valence-corrected chi connectivity index (χ1v) is 10.1. The van der Waals surface area contributed by atoms with Gasteiger partial charge in [-0.25, -0.2) is 5.43 Å². The molecule has 0 unspecified atom stereocenters. The number of aryl methyl sites for hydroxylation is 2. The number of carbonyl (C=O) groups excluding carboxylic acids is 2. The van der Waals surface area contributed by atoms with Crippen LogP contribution in [0.1, 0.15) is 16.7 Å². The van der Waals surface area contributed by atoms with E-state index in [1.54, 1.807) is 24.3 Å². The second kappa shape index (κ2) is 11.3. The van der Waals surface area contributed by atoms with Crippen LogP contribution in [0.15, 0.2) is 77.9 Å². The third-order valence-corrected chi connectivity index (χ3v) is 4.44. The number of amides is 2. The summed E-state index contributed by atoms with van der Waals surface area (Å²) in [4.78, 5) is 23.9. The number of hydrazone groups is 1. The van der Waals surface area contributed by atoms with Crippen LogP contribution in [0, 0.1) is 13.8 Å². The predicted octanol–water partition coefficient (Wildman–Crippen LogP) is 3.85. The molecule has 0 aromatic heterocycles. The molecular weight excluding hydrogens is 406 g/mol. The highest BCUT2D eigenvalue weighted by Crippen LogP contribution is 2.16. The second-order valence-electron chi connectivity index (χ2n) is 7.12. The standard InChI is InChI=1S/C25H25N3O4/c1-18-7-11-21(12-8-18)27-24(29)16-31-22-13-9-20(10-14-22)15-26-28-25(30)17-32-23-6-4-3-5-19(23)2/h3-15H,16-17H2,1-2H3,(H,27,29)(H,28,30)/b26-15-. The van der Waals surface area contributed by atoms with Gasteiger partial charge < -0.3 is 14.8 Å². The molecule has 3 aromatic carbocycles. The lowest BCUT2D eigenvalue weighted by molar-refractivity contribution is -0.123. The number of hydrogen-bond donors (Lipinski definition) is 2. The summed E-state index contributed by atoms with van der Waals surface area (Å²) in [5.74, 6) is 0.616. The first-order chi connectivity index (χ1) is 15.5. The fourth-order valence-electron chi connectivity index (χ4n) is 2.71. The monoisotopic (exact) mass is 431 g/mol. The maximum atomic E-state index is 12.0. The second-order valence-corrected chi connectivity index (χ2v) is 7.12. The van der Waals surface area contributed by atoms with E-state index in [9.17, 15) is 9.59 Å². The molecule has 2 N–H and O–H groups in total. The van der Waals surface area contributed by atoms with Crippen LogP contribution in [0.25, 0.3) is 0 Å². The van der Waals surface area contributed by atoms with Crippen molar-refractivity contribution in [3.8, 4) is 11.5 Å². The van der Waals surface area contributed by atoms with E-state index in [0.29, 0.717) is 11.5 Å². The molecule has 0 radical (unpaired) electrons. The molecule has 0 aliphatic heterocycles. The maximum Gasteiger partial charge on any atom is 0.277 e. The molecule has 7 heteroatoms. The van der Waals surface area contributed by atoms with E-state index in [1.807, 2.05) is 62.4 Å². The average Bonchev–Trinajstić information content (AvgIpc) is 2.79. The Morgan fingerprint density at radius 1 is 0.844 bits per heavy atom.